The number of halogens is 1. The number of benzene rings is 2. The summed E-state index contributed by atoms with van der Waals surface area (Å²) in [6, 6.07) is 7.04. The van der Waals surface area contributed by atoms with Crippen molar-refractivity contribution in [1.29, 1.82) is 0 Å². The van der Waals surface area contributed by atoms with Gasteiger partial charge in [-0.1, -0.05) is 167 Å². The van der Waals surface area contributed by atoms with Crippen LogP contribution < -0.4 is 53.6 Å². The Labute approximate surface area is 641 Å². The molecule has 0 bridgehead atoms. The number of amides is 11. The minimum Gasteiger partial charge on any atom is -0.481 e. The molecule has 3 unspecified atom stereocenters. The summed E-state index contributed by atoms with van der Waals surface area (Å²) in [7, 11) is 2.97. The van der Waals surface area contributed by atoms with E-state index in [1.165, 1.54) is 31.9 Å². The van der Waals surface area contributed by atoms with Gasteiger partial charge in [0.05, 0.1) is 61.8 Å². The molecular weight excluding hydrogens is 1480 g/mol. The number of carboxylic acid groups (broad SMARTS) is 1. The van der Waals surface area contributed by atoms with Crippen LogP contribution in [0.1, 0.15) is 214 Å². The second-order valence-electron chi connectivity index (χ2n) is 28.8. The summed E-state index contributed by atoms with van der Waals surface area (Å²) in [5.41, 5.74) is 8.25. The lowest BCUT2D eigenvalue weighted by atomic mass is 9.83. The lowest BCUT2D eigenvalue weighted by molar-refractivity contribution is -0.145. The maximum Gasteiger partial charge on any atom is 0.408 e. The first-order valence-electron chi connectivity index (χ1n) is 38.1. The number of alkyl carbamates (subject to hydrolysis) is 1. The first-order chi connectivity index (χ1) is 50.4. The number of aliphatic hydroxyl groups is 2. The fourth-order valence-corrected chi connectivity index (χ4v) is 14.3. The van der Waals surface area contributed by atoms with Gasteiger partial charge in [-0.25, -0.2) is 9.59 Å². The zero-order chi connectivity index (χ0) is 79.2. The van der Waals surface area contributed by atoms with Crippen molar-refractivity contribution in [3.05, 3.63) is 65.2 Å². The second kappa shape index (κ2) is 49.0. The Hall–Kier alpha value is -7.22. The maximum atomic E-state index is 14.5. The topological polar surface area (TPSA) is 414 Å². The largest absolute Gasteiger partial charge is 0.481 e. The van der Waals surface area contributed by atoms with E-state index in [4.69, 9.17) is 19.9 Å². The molecule has 14 atom stereocenters. The first kappa shape index (κ1) is 93.0. The van der Waals surface area contributed by atoms with Gasteiger partial charge in [0.25, 0.3) is 0 Å². The summed E-state index contributed by atoms with van der Waals surface area (Å²) in [4.78, 5) is 149. The number of carboxylic acids is 1. The van der Waals surface area contributed by atoms with Crippen LogP contribution in [0.2, 0.25) is 0 Å². The van der Waals surface area contributed by atoms with E-state index in [-0.39, 0.29) is 75.5 Å². The summed E-state index contributed by atoms with van der Waals surface area (Å²) < 4.78 is 16.9. The van der Waals surface area contributed by atoms with E-state index in [1.807, 2.05) is 39.8 Å². The number of nitrogens with one attached hydrogen (secondary N) is 9. The number of unbranched alkanes of at least 4 members (excludes halogenated alkanes) is 3. The molecule has 1 fully saturated rings. The number of hydrogen-bond donors (Lipinski definition) is 13. The molecule has 0 spiro atoms. The van der Waals surface area contributed by atoms with E-state index < -0.39 is 136 Å². The van der Waals surface area contributed by atoms with Crippen LogP contribution in [0.25, 0.3) is 0 Å². The highest BCUT2D eigenvalue weighted by Gasteiger charge is 2.44. The Morgan fingerprint density at radius 2 is 1.33 bits per heavy atom. The van der Waals surface area contributed by atoms with Crippen molar-refractivity contribution in [3.8, 4) is 0 Å². The number of nitrogens with two attached hydrogens (primary N) is 1. The predicted molar refractivity (Wildman–Crippen MR) is 414 cm³/mol. The SMILES string of the molecule is CCCCC(I)(CC)C(CC(=O)NCCCCCC(=O)N[C@H](C(=O)N[C@@H](CCCNC(N)=O)C(=O)Nc1ccc(COC(=O)N[C@@H](CO)C(=O)N[C@H](C(=O)N[C@@H]([C@@H](C)CC)[C@@H](CC(=O)N2CCC[C@H]2[C@H](OC)[C@@H](C)C(=O)N[C@H](CO)Cc2cccc(C(CC)CCC)c2)OC)C(C)C)cc1)C(C)C)C(=O)O. The van der Waals surface area contributed by atoms with Gasteiger partial charge in [0.1, 0.15) is 30.8 Å². The number of urea groups is 1. The van der Waals surface area contributed by atoms with Gasteiger partial charge >= 0.3 is 18.1 Å². The number of hydrogen-bond acceptors (Lipinski definition) is 16. The average molecular weight is 1600 g/mol. The molecule has 1 heterocycles. The Kier molecular flexibility index (Phi) is 42.9. The normalized spacial score (nSPS) is 16.9. The highest BCUT2D eigenvalue weighted by Crippen LogP contribution is 2.40. The number of nitrogens with zero attached hydrogens (tertiary/aromatic N) is 1. The third kappa shape index (κ3) is 31.2. The fourth-order valence-electron chi connectivity index (χ4n) is 13.4. The quantitative estimate of drug-likeness (QED) is 0.0173. The number of aliphatic hydroxyl groups excluding tert-OH is 2. The minimum atomic E-state index is -1.56. The second-order valence-corrected chi connectivity index (χ2v) is 31.0. The maximum absolute atomic E-state index is 14.5. The Balaban J connectivity index is 1.60. The van der Waals surface area contributed by atoms with Crippen molar-refractivity contribution in [1.82, 2.24) is 47.4 Å². The molecule has 2 aromatic rings. The van der Waals surface area contributed by atoms with Crippen LogP contribution in [0, 0.1) is 29.6 Å². The average Bonchev–Trinajstić information content (AvgIpc) is 1.57. The molecule has 598 valence electrons. The van der Waals surface area contributed by atoms with Crippen molar-refractivity contribution in [2.45, 2.75) is 269 Å². The third-order valence-electron chi connectivity index (χ3n) is 20.2. The molecule has 1 aliphatic heterocycles. The van der Waals surface area contributed by atoms with E-state index >= 15 is 0 Å². The zero-order valence-corrected chi connectivity index (χ0v) is 67.1. The van der Waals surface area contributed by atoms with Gasteiger partial charge < -0.3 is 88.0 Å². The number of primary amides is 1. The lowest BCUT2D eigenvalue weighted by Gasteiger charge is -2.37. The molecule has 0 saturated carbocycles. The number of carbonyl (C=O) groups excluding carboxylic acids is 10. The van der Waals surface area contributed by atoms with Crippen LogP contribution in [0.4, 0.5) is 15.3 Å². The van der Waals surface area contributed by atoms with Crippen LogP contribution in [-0.2, 0) is 70.4 Å². The number of carbonyl (C=O) groups is 11. The molecule has 106 heavy (non-hydrogen) atoms. The number of anilines is 1. The van der Waals surface area contributed by atoms with Gasteiger partial charge in [-0.15, -0.1) is 0 Å². The van der Waals surface area contributed by atoms with Crippen molar-refractivity contribution < 1.29 is 82.3 Å². The number of alkyl halides is 1. The molecule has 3 rings (SSSR count). The molecule has 0 aliphatic carbocycles. The van der Waals surface area contributed by atoms with Gasteiger partial charge in [0.15, 0.2) is 0 Å². The number of rotatable bonds is 51. The number of methoxy groups -OCH3 is 2. The van der Waals surface area contributed by atoms with E-state index in [2.05, 4.69) is 96.4 Å². The summed E-state index contributed by atoms with van der Waals surface area (Å²) in [6.45, 7) is 20.2. The highest BCUT2D eigenvalue weighted by molar-refractivity contribution is 14.1. The van der Waals surface area contributed by atoms with Gasteiger partial charge in [-0.3, -0.25) is 43.2 Å². The molecule has 0 aromatic heterocycles. The molecular formula is C77H126IN11O17. The summed E-state index contributed by atoms with van der Waals surface area (Å²) in [5, 5.41) is 55.4. The fraction of sp³-hybridized carbons (Fsp3) is 0.701. The molecule has 1 saturated heterocycles. The number of ether oxygens (including phenoxy) is 3. The van der Waals surface area contributed by atoms with Gasteiger partial charge in [-0.2, -0.15) is 0 Å². The minimum absolute atomic E-state index is 0.0595. The van der Waals surface area contributed by atoms with E-state index in [9.17, 15) is 68.1 Å². The highest BCUT2D eigenvalue weighted by atomic mass is 127. The number of likely N-dealkylation sites (tertiary alicyclic amines) is 1. The number of aliphatic carboxylic acids is 1. The molecule has 1 aliphatic rings. The molecule has 29 heteroatoms. The first-order valence-corrected chi connectivity index (χ1v) is 39.2. The standard InChI is InChI=1S/C77H126IN11O17/c1-14-19-36-77(78,18-5)57(74(100)101)42-63(93)80-37-22-20-21-31-62(92)86-65(47(6)7)72(98)84-58(29-24-38-81-75(79)102)70(96)82-55-34-32-51(33-35-55)46-106-76(103)85-59(45-91)71(97)87-66(48(8)9)73(99)88-67(49(10)16-3)61(104-12)43-64(94)89-39-25-30-60(89)68(105-13)50(11)69(95)83-56(44-90)41-52-27-23-28-54(40-52)53(17-4)26-15-2/h23,27-28,32-35,40,47-50,53,56-61,65-68,90-91H,14-22,24-26,29-31,36-39,41-46H2,1-13H3,(H,80,93)(H,82,96)(H,83,95)(H,84,98)(H,85,103)(H,86,92)(H,87,97)(H,88,99)(H,100,101)(H3,79,81,102)/t49-,50+,53?,56-,57?,58-,59-,60-,61+,65-,66-,67-,68+,77?/m0/s1. The molecule has 28 nitrogen and oxygen atoms in total. The van der Waals surface area contributed by atoms with E-state index in [0.29, 0.717) is 88.0 Å². The van der Waals surface area contributed by atoms with Crippen molar-refractivity contribution in [2.75, 3.05) is 52.4 Å². The molecule has 14 N–H and O–H groups in total. The van der Waals surface area contributed by atoms with Gasteiger partial charge in [0.2, 0.25) is 47.3 Å². The van der Waals surface area contributed by atoms with Gasteiger partial charge in [-0.05, 0) is 123 Å². The molecule has 2 aromatic carbocycles. The summed E-state index contributed by atoms with van der Waals surface area (Å²) in [6.07, 6.45) is 7.56. The smallest absolute Gasteiger partial charge is 0.408 e. The van der Waals surface area contributed by atoms with Crippen molar-refractivity contribution >= 4 is 93.6 Å². The van der Waals surface area contributed by atoms with E-state index in [0.717, 1.165) is 37.7 Å². The third-order valence-corrected chi connectivity index (χ3v) is 22.2. The summed E-state index contributed by atoms with van der Waals surface area (Å²) in [5.74, 6) is -7.28. The Morgan fingerprint density at radius 3 is 1.92 bits per heavy atom. The predicted octanol–water partition coefficient (Wildman–Crippen LogP) is 7.56. The van der Waals surface area contributed by atoms with Crippen LogP contribution in [0.15, 0.2) is 48.5 Å². The Bertz CT molecular complexity index is 3090. The van der Waals surface area contributed by atoms with Crippen LogP contribution in [0.5, 0.6) is 0 Å². The lowest BCUT2D eigenvalue weighted by Crippen LogP contribution is -2.59. The van der Waals surface area contributed by atoms with Crippen LogP contribution in [-0.4, -0.2) is 191 Å². The monoisotopic (exact) mass is 1600 g/mol. The molecule has 11 amide bonds. The Morgan fingerprint density at radius 1 is 0.660 bits per heavy atom. The van der Waals surface area contributed by atoms with Crippen LogP contribution >= 0.6 is 22.6 Å². The van der Waals surface area contributed by atoms with Crippen molar-refractivity contribution in [2.24, 2.45) is 35.3 Å². The van der Waals surface area contributed by atoms with Crippen LogP contribution in [0.3, 0.4) is 0 Å². The van der Waals surface area contributed by atoms with E-state index in [1.54, 1.807) is 51.7 Å². The van der Waals surface area contributed by atoms with Gasteiger partial charge in [0, 0.05) is 55.8 Å². The molecule has 0 radical (unpaired) electrons. The van der Waals surface area contributed by atoms with Crippen molar-refractivity contribution in [3.63, 3.8) is 0 Å². The zero-order valence-electron chi connectivity index (χ0n) is 64.9. The summed E-state index contributed by atoms with van der Waals surface area (Å²) >= 11 is 2.20.